The molecule has 1 aliphatic carbocycles. The quantitative estimate of drug-likeness (QED) is 0.942. The Morgan fingerprint density at radius 3 is 3.04 bits per heavy atom. The molecule has 0 radical (unpaired) electrons. The second-order valence-electron chi connectivity index (χ2n) is 7.08. The molecule has 2 aromatic rings. The zero-order chi connectivity index (χ0) is 15.8. The normalized spacial score (nSPS) is 19.5. The summed E-state index contributed by atoms with van der Waals surface area (Å²) in [6.07, 6.45) is 6.28. The molecule has 0 amide bonds. The number of nitrogens with zero attached hydrogens (tertiary/aromatic N) is 2. The molecule has 1 atom stereocenters. The van der Waals surface area contributed by atoms with Gasteiger partial charge in [-0.15, -0.1) is 0 Å². The lowest BCUT2D eigenvalue weighted by Gasteiger charge is -2.18. The van der Waals surface area contributed by atoms with E-state index in [2.05, 4.69) is 47.3 Å². The van der Waals surface area contributed by atoms with Crippen LogP contribution in [-0.4, -0.2) is 28.2 Å². The van der Waals surface area contributed by atoms with Crippen LogP contribution in [0.3, 0.4) is 0 Å². The molecule has 4 nitrogen and oxygen atoms in total. The number of rotatable bonds is 4. The Balaban J connectivity index is 1.43. The SMILES string of the molecule is C[C@@H]1Cc2cc(CN(C)Cc3n[nH]c4c3CCCC4)ccc2O1. The van der Waals surface area contributed by atoms with Crippen LogP contribution in [-0.2, 0) is 32.4 Å². The lowest BCUT2D eigenvalue weighted by Crippen LogP contribution is -2.18. The number of fused-ring (bicyclic) bond motifs is 2. The third kappa shape index (κ3) is 3.00. The van der Waals surface area contributed by atoms with Crippen molar-refractivity contribution in [2.75, 3.05) is 7.05 Å². The van der Waals surface area contributed by atoms with Crippen LogP contribution < -0.4 is 4.74 Å². The molecule has 2 aliphatic rings. The summed E-state index contributed by atoms with van der Waals surface area (Å²) in [5.74, 6) is 1.06. The highest BCUT2D eigenvalue weighted by molar-refractivity contribution is 5.40. The molecule has 23 heavy (non-hydrogen) atoms. The summed E-state index contributed by atoms with van der Waals surface area (Å²) in [4.78, 5) is 2.35. The van der Waals surface area contributed by atoms with E-state index < -0.39 is 0 Å². The number of aromatic amines is 1. The average molecular weight is 311 g/mol. The summed E-state index contributed by atoms with van der Waals surface area (Å²) in [5, 5.41) is 7.80. The summed E-state index contributed by atoms with van der Waals surface area (Å²) >= 11 is 0. The van der Waals surface area contributed by atoms with Crippen LogP contribution in [0.2, 0.25) is 0 Å². The van der Waals surface area contributed by atoms with Crippen molar-refractivity contribution in [3.63, 3.8) is 0 Å². The number of H-pyrrole nitrogens is 1. The second kappa shape index (κ2) is 6.00. The molecular weight excluding hydrogens is 286 g/mol. The van der Waals surface area contributed by atoms with Gasteiger partial charge in [-0.05, 0) is 62.4 Å². The van der Waals surface area contributed by atoms with E-state index in [4.69, 9.17) is 4.74 Å². The fraction of sp³-hybridized carbons (Fsp3) is 0.526. The van der Waals surface area contributed by atoms with Crippen molar-refractivity contribution >= 4 is 0 Å². The number of ether oxygens (including phenoxy) is 1. The van der Waals surface area contributed by atoms with Crippen LogP contribution in [0, 0.1) is 0 Å². The Labute approximate surface area is 137 Å². The first-order valence-electron chi connectivity index (χ1n) is 8.71. The van der Waals surface area contributed by atoms with Gasteiger partial charge in [0.15, 0.2) is 0 Å². The third-order valence-corrected chi connectivity index (χ3v) is 4.97. The average Bonchev–Trinajstić information content (AvgIpc) is 3.10. The van der Waals surface area contributed by atoms with Gasteiger partial charge >= 0.3 is 0 Å². The molecule has 0 bridgehead atoms. The maximum absolute atomic E-state index is 5.79. The van der Waals surface area contributed by atoms with Crippen LogP contribution >= 0.6 is 0 Å². The number of nitrogens with one attached hydrogen (secondary N) is 1. The van der Waals surface area contributed by atoms with E-state index in [0.717, 1.165) is 31.7 Å². The molecule has 0 saturated carbocycles. The highest BCUT2D eigenvalue weighted by atomic mass is 16.5. The van der Waals surface area contributed by atoms with Crippen LogP contribution in [0.25, 0.3) is 0 Å². The number of benzene rings is 1. The van der Waals surface area contributed by atoms with E-state index in [1.807, 2.05) is 0 Å². The van der Waals surface area contributed by atoms with Crippen molar-refractivity contribution in [1.29, 1.82) is 0 Å². The van der Waals surface area contributed by atoms with E-state index in [9.17, 15) is 0 Å². The van der Waals surface area contributed by atoms with Gasteiger partial charge in [0.05, 0.1) is 5.69 Å². The molecule has 4 rings (SSSR count). The molecule has 1 N–H and O–H groups in total. The van der Waals surface area contributed by atoms with Gasteiger partial charge in [-0.25, -0.2) is 0 Å². The number of hydrogen-bond acceptors (Lipinski definition) is 3. The molecule has 4 heteroatoms. The van der Waals surface area contributed by atoms with Crippen LogP contribution in [0.5, 0.6) is 5.75 Å². The van der Waals surface area contributed by atoms with Gasteiger partial charge in [-0.3, -0.25) is 10.00 Å². The highest BCUT2D eigenvalue weighted by Crippen LogP contribution is 2.30. The molecule has 0 saturated heterocycles. The smallest absolute Gasteiger partial charge is 0.123 e. The first kappa shape index (κ1) is 14.8. The van der Waals surface area contributed by atoms with Gasteiger partial charge in [0.2, 0.25) is 0 Å². The van der Waals surface area contributed by atoms with Gasteiger partial charge < -0.3 is 4.74 Å². The molecule has 122 valence electrons. The van der Waals surface area contributed by atoms with Crippen molar-refractivity contribution in [2.45, 2.75) is 58.2 Å². The fourth-order valence-electron chi connectivity index (χ4n) is 3.88. The molecule has 1 aromatic carbocycles. The maximum Gasteiger partial charge on any atom is 0.123 e. The van der Waals surface area contributed by atoms with Crippen LogP contribution in [0.15, 0.2) is 18.2 Å². The van der Waals surface area contributed by atoms with Crippen molar-refractivity contribution in [3.05, 3.63) is 46.3 Å². The Morgan fingerprint density at radius 2 is 2.13 bits per heavy atom. The molecular formula is C19H25N3O. The summed E-state index contributed by atoms with van der Waals surface area (Å²) in [7, 11) is 2.18. The van der Waals surface area contributed by atoms with Gasteiger partial charge in [0, 0.05) is 25.2 Å². The summed E-state index contributed by atoms with van der Waals surface area (Å²) < 4.78 is 5.79. The van der Waals surface area contributed by atoms with Gasteiger partial charge in [-0.2, -0.15) is 5.10 Å². The van der Waals surface area contributed by atoms with E-state index in [0.29, 0.717) is 6.10 Å². The topological polar surface area (TPSA) is 41.2 Å². The number of aryl methyl sites for hydroxylation is 1. The zero-order valence-electron chi connectivity index (χ0n) is 14.1. The van der Waals surface area contributed by atoms with E-state index in [1.54, 1.807) is 0 Å². The van der Waals surface area contributed by atoms with Crippen LogP contribution in [0.4, 0.5) is 0 Å². The maximum atomic E-state index is 5.79. The predicted octanol–water partition coefficient (Wildman–Crippen LogP) is 3.24. The molecule has 1 aliphatic heterocycles. The lowest BCUT2D eigenvalue weighted by atomic mass is 9.96. The van der Waals surface area contributed by atoms with Crippen molar-refractivity contribution in [3.8, 4) is 5.75 Å². The minimum absolute atomic E-state index is 0.313. The number of hydrogen-bond donors (Lipinski definition) is 1. The van der Waals surface area contributed by atoms with E-state index in [-0.39, 0.29) is 0 Å². The van der Waals surface area contributed by atoms with Crippen molar-refractivity contribution < 1.29 is 4.74 Å². The Bertz CT molecular complexity index is 707. The molecule has 2 heterocycles. The first-order chi connectivity index (χ1) is 11.2. The third-order valence-electron chi connectivity index (χ3n) is 4.97. The van der Waals surface area contributed by atoms with Crippen molar-refractivity contribution in [1.82, 2.24) is 15.1 Å². The largest absolute Gasteiger partial charge is 0.490 e. The van der Waals surface area contributed by atoms with Gasteiger partial charge in [0.1, 0.15) is 11.9 Å². The monoisotopic (exact) mass is 311 g/mol. The summed E-state index contributed by atoms with van der Waals surface area (Å²) in [5.41, 5.74) is 6.77. The van der Waals surface area contributed by atoms with Gasteiger partial charge in [0.25, 0.3) is 0 Å². The number of aromatic nitrogens is 2. The molecule has 0 unspecified atom stereocenters. The Kier molecular flexibility index (Phi) is 3.85. The lowest BCUT2D eigenvalue weighted by molar-refractivity contribution is 0.254. The minimum Gasteiger partial charge on any atom is -0.490 e. The molecule has 1 aromatic heterocycles. The zero-order valence-corrected chi connectivity index (χ0v) is 14.1. The van der Waals surface area contributed by atoms with Crippen molar-refractivity contribution in [2.24, 2.45) is 0 Å². The second-order valence-corrected chi connectivity index (χ2v) is 7.08. The molecule has 0 fully saturated rings. The first-order valence-corrected chi connectivity index (χ1v) is 8.71. The minimum atomic E-state index is 0.313. The van der Waals surface area contributed by atoms with E-state index >= 15 is 0 Å². The van der Waals surface area contributed by atoms with Crippen LogP contribution in [0.1, 0.15) is 47.8 Å². The standard InChI is InChI=1S/C19H25N3O/c1-13-9-15-10-14(7-8-19(15)23-13)11-22(2)12-18-16-5-3-4-6-17(16)20-21-18/h7-8,10,13H,3-6,9,11-12H2,1-2H3,(H,20,21)/t13-/m1/s1. The predicted molar refractivity (Wildman–Crippen MR) is 90.6 cm³/mol. The van der Waals surface area contributed by atoms with E-state index in [1.165, 1.54) is 47.3 Å². The summed E-state index contributed by atoms with van der Waals surface area (Å²) in [6, 6.07) is 6.61. The summed E-state index contributed by atoms with van der Waals surface area (Å²) in [6.45, 7) is 3.99. The fourth-order valence-corrected chi connectivity index (χ4v) is 3.88. The molecule has 0 spiro atoms. The Morgan fingerprint density at radius 1 is 1.26 bits per heavy atom. The Hall–Kier alpha value is -1.81. The van der Waals surface area contributed by atoms with Gasteiger partial charge in [-0.1, -0.05) is 12.1 Å². The highest BCUT2D eigenvalue weighted by Gasteiger charge is 2.20.